The third kappa shape index (κ3) is 3.20. The van der Waals surface area contributed by atoms with Gasteiger partial charge in [0.25, 0.3) is 0 Å². The zero-order valence-electron chi connectivity index (χ0n) is 14.8. The Morgan fingerprint density at radius 3 is 2.62 bits per heavy atom. The van der Waals surface area contributed by atoms with Crippen molar-refractivity contribution in [2.75, 3.05) is 37.7 Å². The van der Waals surface area contributed by atoms with E-state index in [9.17, 15) is 9.59 Å². The minimum absolute atomic E-state index is 0.0461. The lowest BCUT2D eigenvalue weighted by molar-refractivity contribution is -0.134. The number of aryl methyl sites for hydroxylation is 1. The van der Waals surface area contributed by atoms with Crippen LogP contribution < -0.4 is 4.90 Å². The maximum atomic E-state index is 12.6. The molecule has 0 aliphatic carbocycles. The summed E-state index contributed by atoms with van der Waals surface area (Å²) in [6.07, 6.45) is 2.05. The molecule has 0 radical (unpaired) electrons. The highest BCUT2D eigenvalue weighted by Crippen LogP contribution is 2.31. The summed E-state index contributed by atoms with van der Waals surface area (Å²) in [4.78, 5) is 32.8. The number of amides is 2. The van der Waals surface area contributed by atoms with E-state index in [2.05, 4.69) is 4.98 Å². The topological polar surface area (TPSA) is 62.7 Å². The van der Waals surface area contributed by atoms with Gasteiger partial charge < -0.3 is 14.5 Å². The molecular weight excluding hydrogens is 330 g/mol. The smallest absolute Gasteiger partial charge is 0.242 e. The van der Waals surface area contributed by atoms with Gasteiger partial charge in [-0.3, -0.25) is 14.6 Å². The molecule has 1 fully saturated rings. The van der Waals surface area contributed by atoms with Crippen LogP contribution in [0.4, 0.5) is 5.69 Å². The first-order chi connectivity index (χ1) is 12.6. The first-order valence-electron chi connectivity index (χ1n) is 8.83. The monoisotopic (exact) mass is 351 g/mol. The van der Waals surface area contributed by atoms with Crippen LogP contribution in [0.2, 0.25) is 0 Å². The van der Waals surface area contributed by atoms with E-state index in [1.54, 1.807) is 16.0 Å². The lowest BCUT2D eigenvalue weighted by Crippen LogP contribution is -2.46. The summed E-state index contributed by atoms with van der Waals surface area (Å²) >= 11 is 0. The second-order valence-corrected chi connectivity index (χ2v) is 6.71. The van der Waals surface area contributed by atoms with Crippen molar-refractivity contribution >= 4 is 17.5 Å². The molecule has 0 N–H and O–H groups in total. The van der Waals surface area contributed by atoms with Crippen LogP contribution in [0, 0.1) is 6.92 Å². The number of hydrogen-bond donors (Lipinski definition) is 0. The third-order valence-corrected chi connectivity index (χ3v) is 4.90. The Morgan fingerprint density at radius 2 is 1.88 bits per heavy atom. The Kier molecular flexibility index (Phi) is 4.42. The van der Waals surface area contributed by atoms with Crippen LogP contribution in [0.25, 0.3) is 11.1 Å². The molecule has 2 amide bonds. The molecule has 1 saturated heterocycles. The number of benzene rings is 1. The molecule has 0 atom stereocenters. The van der Waals surface area contributed by atoms with E-state index >= 15 is 0 Å². The maximum absolute atomic E-state index is 12.6. The highest BCUT2D eigenvalue weighted by molar-refractivity contribution is 6.05. The lowest BCUT2D eigenvalue weighted by Gasteiger charge is -2.28. The minimum Gasteiger partial charge on any atom is -0.378 e. The zero-order valence-corrected chi connectivity index (χ0v) is 14.8. The van der Waals surface area contributed by atoms with Gasteiger partial charge in [-0.1, -0.05) is 29.8 Å². The highest BCUT2D eigenvalue weighted by Gasteiger charge is 2.32. The van der Waals surface area contributed by atoms with Gasteiger partial charge in [0.15, 0.2) is 0 Å². The van der Waals surface area contributed by atoms with Crippen molar-refractivity contribution in [3.8, 4) is 11.1 Å². The Bertz CT molecular complexity index is 842. The van der Waals surface area contributed by atoms with Crippen LogP contribution in [0.3, 0.4) is 0 Å². The van der Waals surface area contributed by atoms with Crippen LogP contribution in [0.1, 0.15) is 11.3 Å². The molecule has 134 valence electrons. The van der Waals surface area contributed by atoms with Gasteiger partial charge in [-0.15, -0.1) is 0 Å². The Morgan fingerprint density at radius 1 is 1.15 bits per heavy atom. The number of carbonyl (C=O) groups excluding carboxylic acids is 2. The fourth-order valence-corrected chi connectivity index (χ4v) is 3.35. The third-order valence-electron chi connectivity index (χ3n) is 4.90. The molecule has 2 aliphatic rings. The van der Waals surface area contributed by atoms with Gasteiger partial charge in [-0.05, 0) is 18.6 Å². The molecule has 6 nitrogen and oxygen atoms in total. The van der Waals surface area contributed by atoms with E-state index < -0.39 is 0 Å². The van der Waals surface area contributed by atoms with E-state index in [1.807, 2.05) is 37.3 Å². The fourth-order valence-electron chi connectivity index (χ4n) is 3.35. The van der Waals surface area contributed by atoms with Crippen molar-refractivity contribution < 1.29 is 14.3 Å². The van der Waals surface area contributed by atoms with Crippen LogP contribution >= 0.6 is 0 Å². The number of anilines is 1. The summed E-state index contributed by atoms with van der Waals surface area (Å²) in [6.45, 7) is 4.36. The predicted octanol–water partition coefficient (Wildman–Crippen LogP) is 1.80. The summed E-state index contributed by atoms with van der Waals surface area (Å²) in [5, 5.41) is 0. The van der Waals surface area contributed by atoms with Crippen LogP contribution in [0.5, 0.6) is 0 Å². The molecule has 2 aliphatic heterocycles. The average Bonchev–Trinajstić information content (AvgIpc) is 2.98. The second kappa shape index (κ2) is 6.88. The standard InChI is InChI=1S/C20H21N3O3/c1-14-2-4-15(5-3-14)16-10-18-17(21-12-16)11-19(24)23(18)13-20(25)22-6-8-26-9-7-22/h2-5,10,12H,6-9,11,13H2,1H3. The Labute approximate surface area is 152 Å². The van der Waals surface area contributed by atoms with Crippen molar-refractivity contribution in [3.05, 3.63) is 47.8 Å². The summed E-state index contributed by atoms with van der Waals surface area (Å²) in [6, 6.07) is 10.1. The van der Waals surface area contributed by atoms with E-state index in [4.69, 9.17) is 4.74 Å². The van der Waals surface area contributed by atoms with Crippen LogP contribution in [0.15, 0.2) is 36.5 Å². The molecule has 0 saturated carbocycles. The predicted molar refractivity (Wildman–Crippen MR) is 97.9 cm³/mol. The summed E-state index contributed by atoms with van der Waals surface area (Å²) in [5.74, 6) is -0.120. The Balaban J connectivity index is 1.58. The number of ether oxygens (including phenoxy) is 1. The van der Waals surface area contributed by atoms with Crippen molar-refractivity contribution in [2.24, 2.45) is 0 Å². The molecule has 6 heteroatoms. The van der Waals surface area contributed by atoms with Gasteiger partial charge in [-0.25, -0.2) is 0 Å². The van der Waals surface area contributed by atoms with E-state index in [-0.39, 0.29) is 24.8 Å². The van der Waals surface area contributed by atoms with E-state index in [0.717, 1.165) is 22.5 Å². The molecule has 0 unspecified atom stereocenters. The summed E-state index contributed by atoms with van der Waals surface area (Å²) < 4.78 is 5.29. The first-order valence-corrected chi connectivity index (χ1v) is 8.83. The SMILES string of the molecule is Cc1ccc(-c2cnc3c(c2)N(CC(=O)N2CCOCC2)C(=O)C3)cc1. The quantitative estimate of drug-likeness (QED) is 0.846. The average molecular weight is 351 g/mol. The summed E-state index contributed by atoms with van der Waals surface area (Å²) in [7, 11) is 0. The number of carbonyl (C=O) groups is 2. The molecule has 1 aromatic heterocycles. The van der Waals surface area contributed by atoms with Gasteiger partial charge in [0.1, 0.15) is 6.54 Å². The number of fused-ring (bicyclic) bond motifs is 1. The number of hydrogen-bond acceptors (Lipinski definition) is 4. The summed E-state index contributed by atoms with van der Waals surface area (Å²) in [5.41, 5.74) is 4.66. The second-order valence-electron chi connectivity index (χ2n) is 6.71. The fraction of sp³-hybridized carbons (Fsp3) is 0.350. The van der Waals surface area contributed by atoms with Gasteiger partial charge in [-0.2, -0.15) is 0 Å². The number of rotatable bonds is 3. The van der Waals surface area contributed by atoms with E-state index in [0.29, 0.717) is 26.3 Å². The lowest BCUT2D eigenvalue weighted by atomic mass is 10.1. The number of pyridine rings is 1. The van der Waals surface area contributed by atoms with Crippen LogP contribution in [-0.4, -0.2) is 54.5 Å². The first kappa shape index (κ1) is 16.7. The van der Waals surface area contributed by atoms with Gasteiger partial charge in [0.2, 0.25) is 11.8 Å². The normalized spacial score (nSPS) is 16.7. The number of aromatic nitrogens is 1. The van der Waals surface area contributed by atoms with Crippen molar-refractivity contribution in [3.63, 3.8) is 0 Å². The van der Waals surface area contributed by atoms with Gasteiger partial charge >= 0.3 is 0 Å². The molecule has 0 bridgehead atoms. The molecule has 0 spiro atoms. The van der Waals surface area contributed by atoms with Crippen molar-refractivity contribution in [1.29, 1.82) is 0 Å². The molecule has 2 aromatic rings. The highest BCUT2D eigenvalue weighted by atomic mass is 16.5. The van der Waals surface area contributed by atoms with E-state index in [1.165, 1.54) is 5.56 Å². The zero-order chi connectivity index (χ0) is 18.1. The Hall–Kier alpha value is -2.73. The van der Waals surface area contributed by atoms with Crippen LogP contribution in [-0.2, 0) is 20.7 Å². The minimum atomic E-state index is -0.0739. The number of morpholine rings is 1. The number of nitrogens with zero attached hydrogens (tertiary/aromatic N) is 3. The van der Waals surface area contributed by atoms with Gasteiger partial charge in [0, 0.05) is 24.8 Å². The van der Waals surface area contributed by atoms with Gasteiger partial charge in [0.05, 0.1) is 31.0 Å². The molecular formula is C20H21N3O3. The molecule has 1 aromatic carbocycles. The molecule has 4 rings (SSSR count). The molecule has 3 heterocycles. The maximum Gasteiger partial charge on any atom is 0.242 e. The van der Waals surface area contributed by atoms with Crippen molar-refractivity contribution in [1.82, 2.24) is 9.88 Å². The largest absolute Gasteiger partial charge is 0.378 e. The molecule has 26 heavy (non-hydrogen) atoms. The van der Waals surface area contributed by atoms with Crippen molar-refractivity contribution in [2.45, 2.75) is 13.3 Å².